The third-order valence-electron chi connectivity index (χ3n) is 5.32. The summed E-state index contributed by atoms with van der Waals surface area (Å²) < 4.78 is 7.98. The van der Waals surface area contributed by atoms with Gasteiger partial charge in [-0.25, -0.2) is 4.98 Å². The Hall–Kier alpha value is -2.50. The van der Waals surface area contributed by atoms with Crippen molar-refractivity contribution in [1.29, 1.82) is 0 Å². The Morgan fingerprint density at radius 3 is 2.50 bits per heavy atom. The highest BCUT2D eigenvalue weighted by molar-refractivity contribution is 5.78. The van der Waals surface area contributed by atoms with Crippen LogP contribution < -0.4 is 0 Å². The van der Waals surface area contributed by atoms with Crippen LogP contribution in [0.3, 0.4) is 0 Å². The van der Waals surface area contributed by atoms with Gasteiger partial charge in [0.25, 0.3) is 0 Å². The highest BCUT2D eigenvalue weighted by Gasteiger charge is 2.19. The number of hydrogen-bond donors (Lipinski definition) is 1. The van der Waals surface area contributed by atoms with Crippen molar-refractivity contribution in [3.63, 3.8) is 0 Å². The molecule has 0 amide bonds. The predicted octanol–water partition coefficient (Wildman–Crippen LogP) is 4.32. The lowest BCUT2D eigenvalue weighted by Crippen LogP contribution is -2.26. The Morgan fingerprint density at radius 2 is 1.75 bits per heavy atom. The number of aliphatic hydroxyl groups is 1. The minimum atomic E-state index is -0.569. The van der Waals surface area contributed by atoms with Crippen molar-refractivity contribution in [3.05, 3.63) is 61.2 Å². The SMILES string of the molecule is O[C@H](COC1CCCCC1)Cn1cnc(-c2ccccc2)c1-c1ccncc1. The van der Waals surface area contributed by atoms with Gasteiger partial charge in [-0.15, -0.1) is 0 Å². The van der Waals surface area contributed by atoms with Gasteiger partial charge in [0.05, 0.1) is 43.1 Å². The number of rotatable bonds is 7. The van der Waals surface area contributed by atoms with Gasteiger partial charge in [0.1, 0.15) is 0 Å². The number of benzene rings is 1. The first-order chi connectivity index (χ1) is 13.8. The van der Waals surface area contributed by atoms with Crippen LogP contribution in [-0.2, 0) is 11.3 Å². The summed E-state index contributed by atoms with van der Waals surface area (Å²) >= 11 is 0. The first-order valence-corrected chi connectivity index (χ1v) is 10.1. The first kappa shape index (κ1) is 18.8. The zero-order valence-electron chi connectivity index (χ0n) is 16.1. The molecule has 0 saturated heterocycles. The maximum absolute atomic E-state index is 10.6. The molecule has 0 aliphatic heterocycles. The van der Waals surface area contributed by atoms with Crippen LogP contribution in [-0.4, -0.2) is 38.5 Å². The first-order valence-electron chi connectivity index (χ1n) is 10.1. The summed E-state index contributed by atoms with van der Waals surface area (Å²) in [6.45, 7) is 0.809. The normalized spacial score (nSPS) is 16.2. The van der Waals surface area contributed by atoms with E-state index in [0.717, 1.165) is 35.4 Å². The number of imidazole rings is 1. The summed E-state index contributed by atoms with van der Waals surface area (Å²) in [6.07, 6.45) is 11.1. The Labute approximate surface area is 166 Å². The number of pyridine rings is 1. The molecule has 146 valence electrons. The van der Waals surface area contributed by atoms with E-state index >= 15 is 0 Å². The van der Waals surface area contributed by atoms with Crippen molar-refractivity contribution in [2.24, 2.45) is 0 Å². The summed E-state index contributed by atoms with van der Waals surface area (Å²) in [5.74, 6) is 0. The second kappa shape index (κ2) is 9.13. The van der Waals surface area contributed by atoms with Gasteiger partial charge in [-0.1, -0.05) is 49.6 Å². The van der Waals surface area contributed by atoms with E-state index < -0.39 is 6.10 Å². The maximum Gasteiger partial charge on any atom is 0.0963 e. The zero-order chi connectivity index (χ0) is 19.2. The Balaban J connectivity index is 1.54. The lowest BCUT2D eigenvalue weighted by atomic mass is 9.98. The number of nitrogens with zero attached hydrogens (tertiary/aromatic N) is 3. The number of hydrogen-bond acceptors (Lipinski definition) is 4. The van der Waals surface area contributed by atoms with Crippen molar-refractivity contribution in [3.8, 4) is 22.5 Å². The zero-order valence-corrected chi connectivity index (χ0v) is 16.1. The van der Waals surface area contributed by atoms with Crippen LogP contribution in [0.25, 0.3) is 22.5 Å². The molecule has 1 aliphatic carbocycles. The fourth-order valence-electron chi connectivity index (χ4n) is 3.90. The van der Waals surface area contributed by atoms with E-state index in [0.29, 0.717) is 19.3 Å². The summed E-state index contributed by atoms with van der Waals surface area (Å²) in [6, 6.07) is 14.1. The molecule has 1 saturated carbocycles. The Bertz CT molecular complexity index is 858. The van der Waals surface area contributed by atoms with Gasteiger partial charge in [-0.05, 0) is 25.0 Å². The summed E-state index contributed by atoms with van der Waals surface area (Å²) in [5.41, 5.74) is 3.99. The lowest BCUT2D eigenvalue weighted by Gasteiger charge is -2.23. The minimum Gasteiger partial charge on any atom is -0.389 e. The summed E-state index contributed by atoms with van der Waals surface area (Å²) in [7, 11) is 0. The molecule has 2 aromatic heterocycles. The molecule has 1 atom stereocenters. The Kier molecular flexibility index (Phi) is 6.14. The van der Waals surface area contributed by atoms with E-state index in [1.54, 1.807) is 12.4 Å². The van der Waals surface area contributed by atoms with Crippen LogP contribution >= 0.6 is 0 Å². The molecule has 0 unspecified atom stereocenters. The van der Waals surface area contributed by atoms with Crippen LogP contribution in [0, 0.1) is 0 Å². The molecular formula is C23H27N3O2. The predicted molar refractivity (Wildman–Crippen MR) is 110 cm³/mol. The molecule has 1 fully saturated rings. The second-order valence-electron chi connectivity index (χ2n) is 7.44. The average molecular weight is 377 g/mol. The van der Waals surface area contributed by atoms with Crippen LogP contribution in [0.5, 0.6) is 0 Å². The second-order valence-corrected chi connectivity index (χ2v) is 7.44. The molecule has 2 heterocycles. The van der Waals surface area contributed by atoms with Crippen LogP contribution in [0.2, 0.25) is 0 Å². The highest BCUT2D eigenvalue weighted by Crippen LogP contribution is 2.31. The van der Waals surface area contributed by atoms with E-state index in [2.05, 4.69) is 22.1 Å². The van der Waals surface area contributed by atoms with Crippen LogP contribution in [0.4, 0.5) is 0 Å². The summed E-state index contributed by atoms with van der Waals surface area (Å²) in [5, 5.41) is 10.6. The third-order valence-corrected chi connectivity index (χ3v) is 5.32. The fraction of sp³-hybridized carbons (Fsp3) is 0.391. The molecule has 3 aromatic rings. The van der Waals surface area contributed by atoms with Crippen molar-refractivity contribution in [2.45, 2.75) is 50.9 Å². The van der Waals surface area contributed by atoms with Crippen molar-refractivity contribution in [2.75, 3.05) is 6.61 Å². The number of ether oxygens (including phenoxy) is 1. The number of aromatic nitrogens is 3. The molecule has 0 bridgehead atoms. The smallest absolute Gasteiger partial charge is 0.0963 e. The number of aliphatic hydroxyl groups excluding tert-OH is 1. The van der Waals surface area contributed by atoms with E-state index in [1.807, 2.05) is 41.2 Å². The summed E-state index contributed by atoms with van der Waals surface area (Å²) in [4.78, 5) is 8.79. The quantitative estimate of drug-likeness (QED) is 0.666. The minimum absolute atomic E-state index is 0.297. The largest absolute Gasteiger partial charge is 0.389 e. The Morgan fingerprint density at radius 1 is 1.00 bits per heavy atom. The van der Waals surface area contributed by atoms with Gasteiger partial charge in [-0.2, -0.15) is 0 Å². The molecule has 28 heavy (non-hydrogen) atoms. The third kappa shape index (κ3) is 4.49. The maximum atomic E-state index is 10.6. The molecule has 5 nitrogen and oxygen atoms in total. The standard InChI is InChI=1S/C23H27N3O2/c27-20(16-28-21-9-5-2-6-10-21)15-26-17-25-22(18-7-3-1-4-8-18)23(26)19-11-13-24-14-12-19/h1,3-4,7-8,11-14,17,20-21,27H,2,5-6,9-10,15-16H2/t20-/m0/s1. The van der Waals surface area contributed by atoms with Gasteiger partial charge in [0.15, 0.2) is 0 Å². The molecule has 5 heteroatoms. The molecule has 1 aromatic carbocycles. The van der Waals surface area contributed by atoms with Crippen molar-refractivity contribution >= 4 is 0 Å². The van der Waals surface area contributed by atoms with Crippen molar-refractivity contribution < 1.29 is 9.84 Å². The van der Waals surface area contributed by atoms with Gasteiger partial charge in [0, 0.05) is 23.5 Å². The molecule has 0 radical (unpaired) electrons. The molecule has 1 N–H and O–H groups in total. The molecular weight excluding hydrogens is 350 g/mol. The fourth-order valence-corrected chi connectivity index (χ4v) is 3.90. The van der Waals surface area contributed by atoms with Gasteiger partial charge in [0.2, 0.25) is 0 Å². The van der Waals surface area contributed by atoms with Gasteiger partial charge < -0.3 is 14.4 Å². The average Bonchev–Trinajstić information content (AvgIpc) is 3.17. The van der Waals surface area contributed by atoms with E-state index in [1.165, 1.54) is 19.3 Å². The van der Waals surface area contributed by atoms with E-state index in [-0.39, 0.29) is 0 Å². The van der Waals surface area contributed by atoms with Gasteiger partial charge in [-0.3, -0.25) is 4.98 Å². The van der Waals surface area contributed by atoms with E-state index in [4.69, 9.17) is 4.74 Å². The monoisotopic (exact) mass is 377 g/mol. The lowest BCUT2D eigenvalue weighted by molar-refractivity contribution is -0.0282. The van der Waals surface area contributed by atoms with Crippen LogP contribution in [0.1, 0.15) is 32.1 Å². The molecule has 0 spiro atoms. The van der Waals surface area contributed by atoms with Crippen LogP contribution in [0.15, 0.2) is 61.2 Å². The van der Waals surface area contributed by atoms with Gasteiger partial charge >= 0.3 is 0 Å². The molecule has 4 rings (SSSR count). The van der Waals surface area contributed by atoms with Crippen molar-refractivity contribution in [1.82, 2.24) is 14.5 Å². The van der Waals surface area contributed by atoms with E-state index in [9.17, 15) is 5.11 Å². The molecule has 1 aliphatic rings. The topological polar surface area (TPSA) is 60.2 Å². The highest BCUT2D eigenvalue weighted by atomic mass is 16.5.